The molecule has 2 aromatic carbocycles. The molecular formula is C21H24F3N3OS2. The van der Waals surface area contributed by atoms with Gasteiger partial charge < -0.3 is 15.1 Å². The first-order chi connectivity index (χ1) is 14.1. The lowest BCUT2D eigenvalue weighted by atomic mass is 10.1. The summed E-state index contributed by atoms with van der Waals surface area (Å²) in [5, 5.41) is 2.83. The Labute approximate surface area is 184 Å². The van der Waals surface area contributed by atoms with E-state index in [0.29, 0.717) is 18.8 Å². The third kappa shape index (κ3) is 6.33. The van der Waals surface area contributed by atoms with Gasteiger partial charge in [-0.1, -0.05) is 6.07 Å². The van der Waals surface area contributed by atoms with E-state index in [1.165, 1.54) is 35.4 Å². The van der Waals surface area contributed by atoms with E-state index < -0.39 is 5.51 Å². The minimum absolute atomic E-state index is 0.0233. The highest BCUT2D eigenvalue weighted by Gasteiger charge is 2.31. The number of fused-ring (bicyclic) bond motifs is 1. The molecule has 1 N–H and O–H groups in total. The number of amides is 2. The number of nitrogens with zero attached hydrogens (tertiary/aromatic N) is 2. The molecule has 1 aliphatic carbocycles. The number of thioether (sulfide) groups is 1. The van der Waals surface area contributed by atoms with Crippen LogP contribution in [0.5, 0.6) is 0 Å². The molecule has 0 bridgehead atoms. The minimum Gasteiger partial charge on any atom is -0.320 e. The van der Waals surface area contributed by atoms with E-state index in [1.54, 1.807) is 0 Å². The van der Waals surface area contributed by atoms with Gasteiger partial charge in [0.1, 0.15) is 0 Å². The second kappa shape index (κ2) is 9.53. The van der Waals surface area contributed by atoms with Crippen molar-refractivity contribution in [2.75, 3.05) is 32.5 Å². The number of benzene rings is 2. The van der Waals surface area contributed by atoms with Crippen LogP contribution in [0.3, 0.4) is 0 Å². The van der Waals surface area contributed by atoms with Crippen molar-refractivity contribution in [1.82, 2.24) is 9.80 Å². The van der Waals surface area contributed by atoms with Crippen LogP contribution in [0.25, 0.3) is 0 Å². The number of nitrogens with one attached hydrogen (secondary N) is 1. The quantitative estimate of drug-likeness (QED) is 0.467. The number of hydrogen-bond acceptors (Lipinski definition) is 4. The summed E-state index contributed by atoms with van der Waals surface area (Å²) in [5.74, 6) is 0. The van der Waals surface area contributed by atoms with E-state index in [4.69, 9.17) is 0 Å². The molecule has 0 saturated heterocycles. The summed E-state index contributed by atoms with van der Waals surface area (Å²) in [6.45, 7) is 1.26. The Morgan fingerprint density at radius 3 is 2.40 bits per heavy atom. The molecule has 0 fully saturated rings. The number of halogens is 3. The van der Waals surface area contributed by atoms with Crippen LogP contribution < -0.4 is 5.32 Å². The first-order valence-corrected chi connectivity index (χ1v) is 10.8. The van der Waals surface area contributed by atoms with Crippen molar-refractivity contribution in [3.8, 4) is 0 Å². The summed E-state index contributed by atoms with van der Waals surface area (Å²) in [5.41, 5.74) is -1.45. The van der Waals surface area contributed by atoms with Crippen molar-refractivity contribution >= 4 is 36.1 Å². The van der Waals surface area contributed by atoms with Crippen LogP contribution >= 0.6 is 24.4 Å². The van der Waals surface area contributed by atoms with E-state index in [1.807, 2.05) is 36.0 Å². The van der Waals surface area contributed by atoms with Gasteiger partial charge in [0.05, 0.1) is 0 Å². The van der Waals surface area contributed by atoms with Gasteiger partial charge in [0.25, 0.3) is 0 Å². The van der Waals surface area contributed by atoms with Crippen LogP contribution in [-0.4, -0.2) is 54.6 Å². The van der Waals surface area contributed by atoms with Crippen molar-refractivity contribution in [3.63, 3.8) is 0 Å². The smallest absolute Gasteiger partial charge is 0.320 e. The van der Waals surface area contributed by atoms with E-state index in [2.05, 4.69) is 24.0 Å². The normalized spacial score (nSPS) is 15.9. The van der Waals surface area contributed by atoms with Crippen LogP contribution in [-0.2, 0) is 12.8 Å². The number of hydrogen-bond donors (Lipinski definition) is 2. The highest BCUT2D eigenvalue weighted by atomic mass is 32.2. The van der Waals surface area contributed by atoms with Crippen LogP contribution in [0, 0.1) is 0 Å². The van der Waals surface area contributed by atoms with Gasteiger partial charge >= 0.3 is 11.5 Å². The second-order valence-corrected chi connectivity index (χ2v) is 9.17. The predicted molar refractivity (Wildman–Crippen MR) is 118 cm³/mol. The maximum atomic E-state index is 13.0. The fourth-order valence-corrected chi connectivity index (χ4v) is 4.26. The monoisotopic (exact) mass is 455 g/mol. The molecule has 0 heterocycles. The molecule has 30 heavy (non-hydrogen) atoms. The molecule has 162 valence electrons. The fraction of sp³-hybridized carbons (Fsp3) is 0.381. The molecule has 0 spiro atoms. The van der Waals surface area contributed by atoms with Gasteiger partial charge in [-0.2, -0.15) is 13.2 Å². The summed E-state index contributed by atoms with van der Waals surface area (Å²) >= 11 is 4.23. The van der Waals surface area contributed by atoms with Crippen molar-refractivity contribution in [3.05, 3.63) is 53.6 Å². The Kier molecular flexibility index (Phi) is 7.26. The van der Waals surface area contributed by atoms with Gasteiger partial charge in [-0.3, -0.25) is 0 Å². The van der Waals surface area contributed by atoms with Crippen molar-refractivity contribution in [1.29, 1.82) is 0 Å². The maximum absolute atomic E-state index is 13.0. The van der Waals surface area contributed by atoms with Crippen molar-refractivity contribution in [2.45, 2.75) is 34.2 Å². The molecule has 1 unspecified atom stereocenters. The third-order valence-electron chi connectivity index (χ3n) is 4.93. The number of thiol groups is 1. The van der Waals surface area contributed by atoms with Crippen LogP contribution in [0.15, 0.2) is 52.3 Å². The average Bonchev–Trinajstić information content (AvgIpc) is 3.04. The Hall–Kier alpha value is -1.84. The zero-order valence-electron chi connectivity index (χ0n) is 16.7. The summed E-state index contributed by atoms with van der Waals surface area (Å²) in [4.78, 5) is 17.8. The molecule has 3 rings (SSSR count). The predicted octanol–water partition coefficient (Wildman–Crippen LogP) is 5.15. The summed E-state index contributed by atoms with van der Waals surface area (Å²) in [7, 11) is 3.90. The van der Waals surface area contributed by atoms with Crippen LogP contribution in [0.1, 0.15) is 11.1 Å². The molecule has 9 heteroatoms. The van der Waals surface area contributed by atoms with Gasteiger partial charge in [-0.15, -0.1) is 12.6 Å². The zero-order chi connectivity index (χ0) is 21.9. The largest absolute Gasteiger partial charge is 0.446 e. The van der Waals surface area contributed by atoms with Gasteiger partial charge in [0, 0.05) is 34.6 Å². The van der Waals surface area contributed by atoms with E-state index in [-0.39, 0.29) is 28.7 Å². The van der Waals surface area contributed by atoms with Crippen LogP contribution in [0.2, 0.25) is 0 Å². The van der Waals surface area contributed by atoms with Gasteiger partial charge in [-0.05, 0) is 86.2 Å². The number of anilines is 1. The Morgan fingerprint density at radius 1 is 1.10 bits per heavy atom. The molecule has 0 radical (unpaired) electrons. The second-order valence-electron chi connectivity index (χ2n) is 7.51. The summed E-state index contributed by atoms with van der Waals surface area (Å²) in [6, 6.07) is 11.5. The van der Waals surface area contributed by atoms with Crippen molar-refractivity contribution < 1.29 is 18.0 Å². The summed E-state index contributed by atoms with van der Waals surface area (Å²) in [6.07, 6.45) is 1.52. The molecular weight excluding hydrogens is 431 g/mol. The first-order valence-electron chi connectivity index (χ1n) is 9.49. The number of carbonyl (C=O) groups excluding carboxylic acids is 1. The van der Waals surface area contributed by atoms with Gasteiger partial charge in [0.15, 0.2) is 0 Å². The molecule has 2 amide bonds. The van der Waals surface area contributed by atoms with Crippen LogP contribution in [0.4, 0.5) is 23.7 Å². The highest BCUT2D eigenvalue weighted by Crippen LogP contribution is 2.37. The van der Waals surface area contributed by atoms with Crippen molar-refractivity contribution in [2.24, 2.45) is 0 Å². The molecule has 0 aliphatic heterocycles. The number of urea groups is 1. The topological polar surface area (TPSA) is 35.6 Å². The zero-order valence-corrected chi connectivity index (χ0v) is 18.5. The Bertz CT molecular complexity index is 888. The number of rotatable bonds is 6. The number of carbonyl (C=O) groups is 1. The maximum Gasteiger partial charge on any atom is 0.446 e. The molecule has 0 saturated carbocycles. The van der Waals surface area contributed by atoms with E-state index in [9.17, 15) is 18.0 Å². The Balaban J connectivity index is 1.70. The molecule has 1 aliphatic rings. The van der Waals surface area contributed by atoms with Gasteiger partial charge in [-0.25, -0.2) is 4.79 Å². The lowest BCUT2D eigenvalue weighted by molar-refractivity contribution is -0.0328. The third-order valence-corrected chi connectivity index (χ3v) is 5.95. The van der Waals surface area contributed by atoms with Gasteiger partial charge in [0.2, 0.25) is 0 Å². The Morgan fingerprint density at radius 2 is 1.77 bits per heavy atom. The highest BCUT2D eigenvalue weighted by molar-refractivity contribution is 8.00. The lowest BCUT2D eigenvalue weighted by Gasteiger charge is -2.30. The number of alkyl halides is 3. The first kappa shape index (κ1) is 22.8. The number of likely N-dealkylation sites (N-methyl/N-ethyl adjacent to an activating group) is 1. The standard InChI is InChI=1S/C21H24F3N3OS2/c1-26(2)9-10-27(17-11-14-3-6-18(29)13-15(14)12-17)20(28)25-16-4-7-19(8-5-16)30-21(22,23)24/h3-8,13,17,29H,9-12H2,1-2H3,(H,25,28). The van der Waals surface area contributed by atoms with E-state index >= 15 is 0 Å². The SMILES string of the molecule is CN(C)CCN(C(=O)Nc1ccc(SC(F)(F)F)cc1)C1Cc2ccc(S)cc2C1. The lowest BCUT2D eigenvalue weighted by Crippen LogP contribution is -2.46. The average molecular weight is 456 g/mol. The summed E-state index contributed by atoms with van der Waals surface area (Å²) < 4.78 is 37.5. The molecule has 4 nitrogen and oxygen atoms in total. The van der Waals surface area contributed by atoms with E-state index in [0.717, 1.165) is 17.7 Å². The molecule has 1 atom stereocenters. The fourth-order valence-electron chi connectivity index (χ4n) is 3.49. The minimum atomic E-state index is -4.34. The molecule has 0 aromatic heterocycles. The molecule has 2 aromatic rings.